The molecule has 0 fully saturated rings. The van der Waals surface area contributed by atoms with Gasteiger partial charge in [-0.15, -0.1) is 0 Å². The Bertz CT molecular complexity index is 1140. The lowest BCUT2D eigenvalue weighted by atomic mass is 9.91. The number of aryl methyl sites for hydroxylation is 1. The van der Waals surface area contributed by atoms with Crippen molar-refractivity contribution in [1.29, 1.82) is 0 Å². The van der Waals surface area contributed by atoms with Crippen LogP contribution in [-0.4, -0.2) is 29.1 Å². The van der Waals surface area contributed by atoms with Gasteiger partial charge in [-0.05, 0) is 35.9 Å². The maximum absolute atomic E-state index is 12.8. The number of benzene rings is 2. The van der Waals surface area contributed by atoms with Crippen LogP contribution in [0.2, 0.25) is 0 Å². The molecule has 2 aliphatic rings. The third kappa shape index (κ3) is 4.34. The Labute approximate surface area is 192 Å². The molecule has 0 aromatic heterocycles. The van der Waals surface area contributed by atoms with Gasteiger partial charge in [0.2, 0.25) is 5.91 Å². The van der Waals surface area contributed by atoms with Crippen LogP contribution >= 0.6 is 11.8 Å². The summed E-state index contributed by atoms with van der Waals surface area (Å²) in [5.41, 5.74) is 5.01. The normalized spacial score (nSPS) is 17.5. The summed E-state index contributed by atoms with van der Waals surface area (Å²) in [4.78, 5) is 32.2. The topological polar surface area (TPSA) is 71.0 Å². The number of rotatable bonds is 6. The summed E-state index contributed by atoms with van der Waals surface area (Å²) in [6.45, 7) is 4.31. The lowest BCUT2D eigenvalue weighted by Gasteiger charge is -2.36. The summed E-state index contributed by atoms with van der Waals surface area (Å²) in [6, 6.07) is 17.3. The molecular formula is C25H25N3O3S. The number of carbonyl (C=O) groups excluding carboxylic acids is 2. The van der Waals surface area contributed by atoms with Crippen molar-refractivity contribution in [1.82, 2.24) is 10.2 Å². The number of hydrogen-bond acceptors (Lipinski definition) is 6. The van der Waals surface area contributed by atoms with E-state index in [9.17, 15) is 9.59 Å². The van der Waals surface area contributed by atoms with Crippen LogP contribution in [0, 0.1) is 6.92 Å². The fourth-order valence-electron chi connectivity index (χ4n) is 3.95. The molecule has 1 N–H and O–H groups in total. The van der Waals surface area contributed by atoms with Crippen LogP contribution in [-0.2, 0) is 20.9 Å². The molecule has 6 nitrogen and oxygen atoms in total. The number of fused-ring (bicyclic) bond motifs is 1. The van der Waals surface area contributed by atoms with Crippen molar-refractivity contribution in [3.63, 3.8) is 0 Å². The predicted molar refractivity (Wildman–Crippen MR) is 126 cm³/mol. The van der Waals surface area contributed by atoms with Gasteiger partial charge in [0.05, 0.1) is 30.8 Å². The molecule has 0 bridgehead atoms. The lowest BCUT2D eigenvalue weighted by Crippen LogP contribution is -2.38. The molecule has 0 saturated heterocycles. The smallest absolute Gasteiger partial charge is 0.338 e. The van der Waals surface area contributed by atoms with E-state index in [1.807, 2.05) is 78.8 Å². The number of amides is 1. The summed E-state index contributed by atoms with van der Waals surface area (Å²) < 4.78 is 5.11. The first-order valence-corrected chi connectivity index (χ1v) is 11.3. The maximum Gasteiger partial charge on any atom is 0.338 e. The van der Waals surface area contributed by atoms with Crippen molar-refractivity contribution in [2.24, 2.45) is 4.99 Å². The van der Waals surface area contributed by atoms with Crippen molar-refractivity contribution in [3.8, 4) is 0 Å². The summed E-state index contributed by atoms with van der Waals surface area (Å²) in [6.07, 6.45) is 0.189. The Morgan fingerprint density at radius 1 is 1.09 bits per heavy atom. The highest BCUT2D eigenvalue weighted by molar-refractivity contribution is 8.16. The fraction of sp³-hybridized carbons (Fsp3) is 0.240. The van der Waals surface area contributed by atoms with Gasteiger partial charge in [-0.2, -0.15) is 0 Å². The van der Waals surface area contributed by atoms with Crippen LogP contribution in [0.15, 0.2) is 82.0 Å². The highest BCUT2D eigenvalue weighted by Gasteiger charge is 2.41. The van der Waals surface area contributed by atoms with E-state index in [4.69, 9.17) is 4.74 Å². The molecule has 164 valence electrons. The van der Waals surface area contributed by atoms with Gasteiger partial charge < -0.3 is 15.0 Å². The molecule has 32 heavy (non-hydrogen) atoms. The highest BCUT2D eigenvalue weighted by Crippen LogP contribution is 2.45. The number of aliphatic imine (C=N–C) groups is 1. The number of methoxy groups -OCH3 is 1. The Morgan fingerprint density at radius 3 is 2.53 bits per heavy atom. The summed E-state index contributed by atoms with van der Waals surface area (Å²) in [7, 11) is 1.38. The minimum Gasteiger partial charge on any atom is -0.466 e. The number of ether oxygens (including phenoxy) is 1. The van der Waals surface area contributed by atoms with Crippen molar-refractivity contribution in [2.75, 3.05) is 7.11 Å². The van der Waals surface area contributed by atoms with Crippen molar-refractivity contribution in [3.05, 3.63) is 93.7 Å². The average Bonchev–Trinajstić information content (AvgIpc) is 3.19. The van der Waals surface area contributed by atoms with Gasteiger partial charge in [-0.3, -0.25) is 4.79 Å². The zero-order valence-electron chi connectivity index (χ0n) is 18.3. The Kier molecular flexibility index (Phi) is 6.46. The second kappa shape index (κ2) is 9.44. The Hall–Kier alpha value is -3.32. The molecule has 0 spiro atoms. The predicted octanol–water partition coefficient (Wildman–Crippen LogP) is 4.45. The summed E-state index contributed by atoms with van der Waals surface area (Å²) in [5, 5.41) is 5.68. The van der Waals surface area contributed by atoms with E-state index >= 15 is 0 Å². The third-order valence-electron chi connectivity index (χ3n) is 5.56. The largest absolute Gasteiger partial charge is 0.466 e. The number of nitrogens with one attached hydrogen (secondary N) is 1. The molecule has 2 heterocycles. The second-order valence-corrected chi connectivity index (χ2v) is 8.52. The first-order chi connectivity index (χ1) is 15.5. The molecule has 2 aromatic rings. The number of allylic oxidation sites excluding steroid dienone is 1. The van der Waals surface area contributed by atoms with Gasteiger partial charge in [0.15, 0.2) is 5.17 Å². The first-order valence-electron chi connectivity index (χ1n) is 10.4. The van der Waals surface area contributed by atoms with Crippen LogP contribution in [0.3, 0.4) is 0 Å². The number of nitrogens with zero attached hydrogens (tertiary/aromatic N) is 2. The quantitative estimate of drug-likeness (QED) is 0.663. The number of esters is 1. The molecular weight excluding hydrogens is 422 g/mol. The van der Waals surface area contributed by atoms with Crippen LogP contribution in [0.25, 0.3) is 0 Å². The van der Waals surface area contributed by atoms with Gasteiger partial charge >= 0.3 is 5.97 Å². The van der Waals surface area contributed by atoms with E-state index in [2.05, 4.69) is 10.3 Å². The maximum atomic E-state index is 12.8. The molecule has 2 aromatic carbocycles. The zero-order valence-corrected chi connectivity index (χ0v) is 19.1. The number of carbonyl (C=O) groups is 2. The minimum atomic E-state index is -0.414. The fourth-order valence-corrected chi connectivity index (χ4v) is 4.92. The van der Waals surface area contributed by atoms with Crippen LogP contribution in [0.1, 0.15) is 36.1 Å². The van der Waals surface area contributed by atoms with Crippen molar-refractivity contribution < 1.29 is 14.3 Å². The first kappa shape index (κ1) is 21.9. The standard InChI is InChI=1S/C25H25N3O3S/c1-16-9-7-8-12-20(16)23-22(24(30)31-3)17(2)27-25-28(23)19(15-32-25)13-21(29)26-14-18-10-5-4-6-11-18/h4-12,15,23H,13-14H2,1-3H3,(H,26,29). The number of hydrogen-bond donors (Lipinski definition) is 1. The molecule has 4 rings (SSSR count). The average molecular weight is 448 g/mol. The number of amidine groups is 1. The van der Waals surface area contributed by atoms with Crippen LogP contribution < -0.4 is 5.32 Å². The molecule has 2 aliphatic heterocycles. The second-order valence-electron chi connectivity index (χ2n) is 7.68. The molecule has 1 unspecified atom stereocenters. The number of thioether (sulfide) groups is 1. The van der Waals surface area contributed by atoms with E-state index in [-0.39, 0.29) is 12.3 Å². The molecule has 1 amide bonds. The van der Waals surface area contributed by atoms with Crippen molar-refractivity contribution >= 4 is 28.8 Å². The minimum absolute atomic E-state index is 0.0867. The van der Waals surface area contributed by atoms with Crippen molar-refractivity contribution in [2.45, 2.75) is 32.9 Å². The molecule has 0 radical (unpaired) electrons. The van der Waals surface area contributed by atoms with E-state index in [0.29, 0.717) is 17.8 Å². The Balaban J connectivity index is 1.62. The lowest BCUT2D eigenvalue weighted by molar-refractivity contribution is -0.136. The van der Waals surface area contributed by atoms with E-state index < -0.39 is 12.0 Å². The van der Waals surface area contributed by atoms with Crippen LogP contribution in [0.5, 0.6) is 0 Å². The third-order valence-corrected chi connectivity index (χ3v) is 6.45. The van der Waals surface area contributed by atoms with Gasteiger partial charge in [0, 0.05) is 12.2 Å². The molecule has 0 aliphatic carbocycles. The van der Waals surface area contributed by atoms with E-state index in [0.717, 1.165) is 27.6 Å². The monoisotopic (exact) mass is 447 g/mol. The van der Waals surface area contributed by atoms with Crippen LogP contribution in [0.4, 0.5) is 0 Å². The molecule has 1 atom stereocenters. The van der Waals surface area contributed by atoms with Gasteiger partial charge in [-0.25, -0.2) is 9.79 Å². The molecule has 7 heteroatoms. The van der Waals surface area contributed by atoms with Gasteiger partial charge in [0.1, 0.15) is 0 Å². The summed E-state index contributed by atoms with van der Waals surface area (Å²) >= 11 is 1.47. The SMILES string of the molecule is COC(=O)C1=C(C)N=C2SC=C(CC(=O)NCc3ccccc3)N2C1c1ccccc1C. The van der Waals surface area contributed by atoms with Gasteiger partial charge in [0.25, 0.3) is 0 Å². The summed E-state index contributed by atoms with van der Waals surface area (Å²) in [5.74, 6) is -0.500. The Morgan fingerprint density at radius 2 is 1.81 bits per heavy atom. The molecule has 0 saturated carbocycles. The van der Waals surface area contributed by atoms with Gasteiger partial charge in [-0.1, -0.05) is 66.4 Å². The zero-order chi connectivity index (χ0) is 22.7. The highest BCUT2D eigenvalue weighted by atomic mass is 32.2. The van der Waals surface area contributed by atoms with E-state index in [1.54, 1.807) is 0 Å². The van der Waals surface area contributed by atoms with E-state index in [1.165, 1.54) is 18.9 Å².